The number of halogens is 1. The maximum atomic E-state index is 13.2. The number of nitrogens with zero attached hydrogens (tertiary/aromatic N) is 1. The molecule has 0 spiro atoms. The van der Waals surface area contributed by atoms with Gasteiger partial charge in [0.1, 0.15) is 0 Å². The molecule has 2 aromatic carbocycles. The number of rotatable bonds is 6. The second-order valence-electron chi connectivity index (χ2n) is 8.33. The normalized spacial score (nSPS) is 18.4. The van der Waals surface area contributed by atoms with Crippen LogP contribution in [-0.2, 0) is 16.0 Å². The van der Waals surface area contributed by atoms with Crippen molar-refractivity contribution in [2.45, 2.75) is 26.7 Å². The maximum Gasteiger partial charge on any atom is 0.256 e. The van der Waals surface area contributed by atoms with Crippen LogP contribution in [0.2, 0.25) is 0 Å². The summed E-state index contributed by atoms with van der Waals surface area (Å²) in [7, 11) is 0. The number of hydrogen-bond acceptors (Lipinski definition) is 3. The molecule has 2 aromatic rings. The van der Waals surface area contributed by atoms with Crippen molar-refractivity contribution in [2.75, 3.05) is 25.0 Å². The average Bonchev–Trinajstić information content (AvgIpc) is 2.73. The summed E-state index contributed by atoms with van der Waals surface area (Å²) in [5.41, 5.74) is 1.77. The Balaban J connectivity index is 1.62. The molecule has 1 saturated heterocycles. The average molecular weight is 486 g/mol. The largest absolute Gasteiger partial charge is 0.347 e. The van der Waals surface area contributed by atoms with Crippen molar-refractivity contribution in [3.63, 3.8) is 0 Å². The molecule has 0 unspecified atom stereocenters. The van der Waals surface area contributed by atoms with E-state index in [2.05, 4.69) is 40.4 Å². The molecule has 0 bridgehead atoms. The predicted molar refractivity (Wildman–Crippen MR) is 125 cm³/mol. The first-order valence-electron chi connectivity index (χ1n) is 10.5. The number of nitrogens with one attached hydrogen (secondary N) is 2. The molecular formula is C24H28BrN3O3. The van der Waals surface area contributed by atoms with Crippen LogP contribution in [0.1, 0.15) is 36.2 Å². The van der Waals surface area contributed by atoms with E-state index in [9.17, 15) is 14.4 Å². The highest BCUT2D eigenvalue weighted by molar-refractivity contribution is 9.10. The van der Waals surface area contributed by atoms with E-state index in [1.807, 2.05) is 35.2 Å². The van der Waals surface area contributed by atoms with Gasteiger partial charge in [0.05, 0.1) is 24.2 Å². The molecule has 2 atom stereocenters. The molecule has 3 amide bonds. The predicted octanol–water partition coefficient (Wildman–Crippen LogP) is 3.86. The zero-order valence-corrected chi connectivity index (χ0v) is 19.4. The molecule has 3 rings (SSSR count). The molecule has 1 aliphatic rings. The summed E-state index contributed by atoms with van der Waals surface area (Å²) < 4.78 is 0.767. The number of amides is 3. The third-order valence-corrected chi connectivity index (χ3v) is 5.79. The maximum absolute atomic E-state index is 13.2. The number of likely N-dealkylation sites (tertiary alicyclic amines) is 1. The van der Waals surface area contributed by atoms with Gasteiger partial charge in [-0.05, 0) is 42.0 Å². The summed E-state index contributed by atoms with van der Waals surface area (Å²) >= 11 is 3.42. The number of hydrogen-bond donors (Lipinski definition) is 2. The molecule has 31 heavy (non-hydrogen) atoms. The van der Waals surface area contributed by atoms with E-state index in [-0.39, 0.29) is 30.7 Å². The second-order valence-corrected chi connectivity index (χ2v) is 9.25. The Morgan fingerprint density at radius 2 is 1.68 bits per heavy atom. The van der Waals surface area contributed by atoms with E-state index >= 15 is 0 Å². The smallest absolute Gasteiger partial charge is 0.256 e. The Bertz CT molecular complexity index is 938. The van der Waals surface area contributed by atoms with Crippen LogP contribution in [0.3, 0.4) is 0 Å². The van der Waals surface area contributed by atoms with Gasteiger partial charge in [-0.3, -0.25) is 14.4 Å². The number of carbonyl (C=O) groups is 3. The third kappa shape index (κ3) is 6.66. The molecule has 1 heterocycles. The molecule has 7 heteroatoms. The van der Waals surface area contributed by atoms with E-state index in [1.54, 1.807) is 18.2 Å². The molecule has 0 aliphatic carbocycles. The molecule has 0 aromatic heterocycles. The minimum atomic E-state index is -0.377. The van der Waals surface area contributed by atoms with Gasteiger partial charge in [0, 0.05) is 17.6 Å². The Morgan fingerprint density at radius 3 is 2.35 bits per heavy atom. The first-order chi connectivity index (χ1) is 14.8. The van der Waals surface area contributed by atoms with Crippen LogP contribution in [0.4, 0.5) is 5.69 Å². The summed E-state index contributed by atoms with van der Waals surface area (Å²) in [5.74, 6) is 0.182. The van der Waals surface area contributed by atoms with Crippen LogP contribution in [0, 0.1) is 11.8 Å². The van der Waals surface area contributed by atoms with Gasteiger partial charge in [0.2, 0.25) is 11.8 Å². The lowest BCUT2D eigenvalue weighted by atomic mass is 9.91. The van der Waals surface area contributed by atoms with E-state index < -0.39 is 0 Å². The summed E-state index contributed by atoms with van der Waals surface area (Å²) in [5, 5.41) is 5.41. The lowest BCUT2D eigenvalue weighted by molar-refractivity contribution is -0.123. The van der Waals surface area contributed by atoms with Crippen LogP contribution in [0.15, 0.2) is 53.0 Å². The van der Waals surface area contributed by atoms with E-state index in [0.29, 0.717) is 36.2 Å². The monoisotopic (exact) mass is 485 g/mol. The van der Waals surface area contributed by atoms with Crippen molar-refractivity contribution >= 4 is 39.3 Å². The lowest BCUT2D eigenvalue weighted by Gasteiger charge is -2.35. The summed E-state index contributed by atoms with van der Waals surface area (Å²) in [6, 6.07) is 14.6. The number of benzene rings is 2. The molecule has 2 N–H and O–H groups in total. The minimum Gasteiger partial charge on any atom is -0.347 e. The van der Waals surface area contributed by atoms with Crippen molar-refractivity contribution < 1.29 is 14.4 Å². The Morgan fingerprint density at radius 1 is 1.00 bits per heavy atom. The van der Waals surface area contributed by atoms with E-state index in [1.165, 1.54) is 0 Å². The molecule has 0 radical (unpaired) electrons. The van der Waals surface area contributed by atoms with Crippen molar-refractivity contribution in [1.82, 2.24) is 10.2 Å². The highest BCUT2D eigenvalue weighted by Gasteiger charge is 2.27. The van der Waals surface area contributed by atoms with Gasteiger partial charge in [0.25, 0.3) is 5.91 Å². The zero-order valence-electron chi connectivity index (χ0n) is 17.9. The minimum absolute atomic E-state index is 0.0943. The van der Waals surface area contributed by atoms with Gasteiger partial charge >= 0.3 is 0 Å². The van der Waals surface area contributed by atoms with E-state index in [4.69, 9.17) is 0 Å². The van der Waals surface area contributed by atoms with Crippen LogP contribution in [0.25, 0.3) is 0 Å². The SMILES string of the molecule is C[C@@H]1C[C@H](C)CN(C(=O)c2cc(Br)ccc2NC(=O)CNC(=O)Cc2ccccc2)C1. The number of carbonyl (C=O) groups excluding carboxylic acids is 3. The number of anilines is 1. The van der Waals surface area contributed by atoms with Gasteiger partial charge in [0.15, 0.2) is 0 Å². The fraction of sp³-hybridized carbons (Fsp3) is 0.375. The zero-order chi connectivity index (χ0) is 22.4. The van der Waals surface area contributed by atoms with Crippen molar-refractivity contribution in [3.05, 3.63) is 64.1 Å². The van der Waals surface area contributed by atoms with Gasteiger partial charge < -0.3 is 15.5 Å². The first kappa shape index (κ1) is 23.0. The summed E-state index contributed by atoms with van der Waals surface area (Å²) in [4.78, 5) is 39.6. The first-order valence-corrected chi connectivity index (χ1v) is 11.3. The number of piperidine rings is 1. The topological polar surface area (TPSA) is 78.5 Å². The van der Waals surface area contributed by atoms with Crippen LogP contribution in [-0.4, -0.2) is 42.3 Å². The van der Waals surface area contributed by atoms with Crippen molar-refractivity contribution in [1.29, 1.82) is 0 Å². The molecule has 1 fully saturated rings. The standard InChI is InChI=1S/C24H28BrN3O3/c1-16-10-17(2)15-28(14-16)24(31)20-12-19(25)8-9-21(20)27-23(30)13-26-22(29)11-18-6-4-3-5-7-18/h3-9,12,16-17H,10-11,13-15H2,1-2H3,(H,26,29)(H,27,30)/t16-,17+. The molecule has 164 valence electrons. The summed E-state index contributed by atoms with van der Waals surface area (Å²) in [6.07, 6.45) is 1.32. The van der Waals surface area contributed by atoms with Crippen LogP contribution >= 0.6 is 15.9 Å². The quantitative estimate of drug-likeness (QED) is 0.651. The molecule has 1 aliphatic heterocycles. The van der Waals surface area contributed by atoms with Gasteiger partial charge in [-0.25, -0.2) is 0 Å². The van der Waals surface area contributed by atoms with Crippen LogP contribution < -0.4 is 10.6 Å². The molecule has 0 saturated carbocycles. The van der Waals surface area contributed by atoms with E-state index in [0.717, 1.165) is 16.5 Å². The molecule has 6 nitrogen and oxygen atoms in total. The molecular weight excluding hydrogens is 458 g/mol. The lowest BCUT2D eigenvalue weighted by Crippen LogP contribution is -2.43. The Hall–Kier alpha value is -2.67. The highest BCUT2D eigenvalue weighted by atomic mass is 79.9. The third-order valence-electron chi connectivity index (χ3n) is 5.30. The Labute approximate surface area is 191 Å². The Kier molecular flexibility index (Phi) is 7.85. The van der Waals surface area contributed by atoms with Gasteiger partial charge in [-0.1, -0.05) is 60.1 Å². The summed E-state index contributed by atoms with van der Waals surface area (Å²) in [6.45, 7) is 5.56. The second kappa shape index (κ2) is 10.6. The van der Waals surface area contributed by atoms with Crippen molar-refractivity contribution in [3.8, 4) is 0 Å². The van der Waals surface area contributed by atoms with Crippen molar-refractivity contribution in [2.24, 2.45) is 11.8 Å². The van der Waals surface area contributed by atoms with Gasteiger partial charge in [-0.15, -0.1) is 0 Å². The fourth-order valence-electron chi connectivity index (χ4n) is 4.02. The van der Waals surface area contributed by atoms with Crippen LogP contribution in [0.5, 0.6) is 0 Å². The highest BCUT2D eigenvalue weighted by Crippen LogP contribution is 2.27. The van der Waals surface area contributed by atoms with Gasteiger partial charge in [-0.2, -0.15) is 0 Å². The fourth-order valence-corrected chi connectivity index (χ4v) is 4.38.